The molecule has 0 aliphatic carbocycles. The minimum Gasteiger partial charge on any atom is -0.466 e. The molecule has 1 aromatic carbocycles. The number of nitrogens with zero attached hydrogens (tertiary/aromatic N) is 3. The lowest BCUT2D eigenvalue weighted by Crippen LogP contribution is -2.38. The molecule has 1 aromatic heterocycles. The fourth-order valence-corrected chi connectivity index (χ4v) is 3.11. The van der Waals surface area contributed by atoms with Gasteiger partial charge in [0.15, 0.2) is 11.6 Å². The maximum absolute atomic E-state index is 13.0. The molecule has 154 valence electrons. The number of hydrogen-bond donors (Lipinski definition) is 3. The summed E-state index contributed by atoms with van der Waals surface area (Å²) in [6.07, 6.45) is 2.63. The first kappa shape index (κ1) is 20.3. The van der Waals surface area contributed by atoms with Gasteiger partial charge in [0.1, 0.15) is 17.8 Å². The molecule has 10 heteroatoms. The van der Waals surface area contributed by atoms with Gasteiger partial charge in [-0.2, -0.15) is 0 Å². The molecular formula is C19H23FN6O3. The van der Waals surface area contributed by atoms with Crippen molar-refractivity contribution in [3.05, 3.63) is 42.0 Å². The van der Waals surface area contributed by atoms with E-state index in [2.05, 4.69) is 20.8 Å². The summed E-state index contributed by atoms with van der Waals surface area (Å²) >= 11 is 0. The number of carbonyl (C=O) groups is 2. The first-order valence-corrected chi connectivity index (χ1v) is 9.33. The Morgan fingerprint density at radius 3 is 2.59 bits per heavy atom. The van der Waals surface area contributed by atoms with Gasteiger partial charge in [0.25, 0.3) is 5.91 Å². The zero-order chi connectivity index (χ0) is 20.8. The third-order valence-electron chi connectivity index (χ3n) is 4.68. The lowest BCUT2D eigenvalue weighted by Gasteiger charge is -2.32. The Kier molecular flexibility index (Phi) is 6.43. The van der Waals surface area contributed by atoms with Crippen LogP contribution in [0, 0.1) is 11.7 Å². The molecule has 0 saturated carbocycles. The molecule has 0 bridgehead atoms. The second-order valence-electron chi connectivity index (χ2n) is 6.56. The molecule has 3 rings (SSSR count). The van der Waals surface area contributed by atoms with Crippen LogP contribution >= 0.6 is 0 Å². The lowest BCUT2D eigenvalue weighted by atomic mass is 9.97. The Balaban J connectivity index is 1.62. The summed E-state index contributed by atoms with van der Waals surface area (Å²) in [6, 6.07) is 5.14. The van der Waals surface area contributed by atoms with Crippen LogP contribution in [0.1, 0.15) is 30.1 Å². The predicted octanol–water partition coefficient (Wildman–Crippen LogP) is 1.73. The van der Waals surface area contributed by atoms with E-state index in [1.807, 2.05) is 4.90 Å². The number of rotatable bonds is 6. The van der Waals surface area contributed by atoms with Gasteiger partial charge in [-0.05, 0) is 44.0 Å². The van der Waals surface area contributed by atoms with E-state index in [-0.39, 0.29) is 29.0 Å². The zero-order valence-electron chi connectivity index (χ0n) is 16.0. The molecule has 0 spiro atoms. The standard InChI is InChI=1S/C19H23FN6O3/c1-2-29-19(28)13-7-9-26(10-8-13)17-15(21)16(22-11-23-17)24-25-18(27)12-3-5-14(20)6-4-12/h3-6,11,13H,2,7-10,21H2,1H3,(H,25,27)(H,22,23,24). The number of nitrogens with one attached hydrogen (secondary N) is 2. The molecule has 9 nitrogen and oxygen atoms in total. The van der Waals surface area contributed by atoms with Gasteiger partial charge in [-0.3, -0.25) is 20.4 Å². The topological polar surface area (TPSA) is 122 Å². The van der Waals surface area contributed by atoms with Crippen molar-refractivity contribution in [2.45, 2.75) is 19.8 Å². The molecule has 0 radical (unpaired) electrons. The zero-order valence-corrected chi connectivity index (χ0v) is 16.0. The van der Waals surface area contributed by atoms with Crippen molar-refractivity contribution in [3.63, 3.8) is 0 Å². The highest BCUT2D eigenvalue weighted by Crippen LogP contribution is 2.29. The van der Waals surface area contributed by atoms with E-state index >= 15 is 0 Å². The molecule has 1 aliphatic heterocycles. The molecule has 1 amide bonds. The normalized spacial score (nSPS) is 14.3. The van der Waals surface area contributed by atoms with Gasteiger partial charge >= 0.3 is 5.97 Å². The molecular weight excluding hydrogens is 379 g/mol. The average molecular weight is 402 g/mol. The Hall–Kier alpha value is -3.43. The highest BCUT2D eigenvalue weighted by atomic mass is 19.1. The Morgan fingerprint density at radius 2 is 1.93 bits per heavy atom. The van der Waals surface area contributed by atoms with Crippen LogP contribution in [0.4, 0.5) is 21.7 Å². The van der Waals surface area contributed by atoms with Crippen LogP contribution in [-0.2, 0) is 9.53 Å². The van der Waals surface area contributed by atoms with Crippen LogP contribution in [0.2, 0.25) is 0 Å². The number of amides is 1. The number of anilines is 3. The molecule has 2 aromatic rings. The van der Waals surface area contributed by atoms with Crippen LogP contribution in [0.5, 0.6) is 0 Å². The number of carbonyl (C=O) groups excluding carboxylic acids is 2. The Morgan fingerprint density at radius 1 is 1.24 bits per heavy atom. The number of aromatic nitrogens is 2. The highest BCUT2D eigenvalue weighted by molar-refractivity contribution is 5.95. The Labute approximate surface area is 167 Å². The molecule has 4 N–H and O–H groups in total. The van der Waals surface area contributed by atoms with E-state index in [9.17, 15) is 14.0 Å². The van der Waals surface area contributed by atoms with Crippen molar-refractivity contribution in [1.29, 1.82) is 0 Å². The summed E-state index contributed by atoms with van der Waals surface area (Å²) in [5.41, 5.74) is 11.9. The number of hydrogen-bond acceptors (Lipinski definition) is 8. The third kappa shape index (κ3) is 4.89. The van der Waals surface area contributed by atoms with Crippen LogP contribution in [-0.4, -0.2) is 41.5 Å². The minimum absolute atomic E-state index is 0.123. The van der Waals surface area contributed by atoms with Crippen molar-refractivity contribution >= 4 is 29.2 Å². The van der Waals surface area contributed by atoms with Gasteiger partial charge in [0, 0.05) is 18.7 Å². The number of nitrogen functional groups attached to an aromatic ring is 1. The molecule has 2 heterocycles. The largest absolute Gasteiger partial charge is 0.466 e. The van der Waals surface area contributed by atoms with Crippen molar-refractivity contribution < 1.29 is 18.7 Å². The smallest absolute Gasteiger partial charge is 0.309 e. The van der Waals surface area contributed by atoms with E-state index in [0.29, 0.717) is 38.4 Å². The first-order chi connectivity index (χ1) is 14.0. The van der Waals surface area contributed by atoms with Gasteiger partial charge in [-0.15, -0.1) is 0 Å². The number of halogens is 1. The molecule has 29 heavy (non-hydrogen) atoms. The number of nitrogens with two attached hydrogens (primary N) is 1. The number of hydrazine groups is 1. The van der Waals surface area contributed by atoms with Gasteiger partial charge in [-0.25, -0.2) is 14.4 Å². The minimum atomic E-state index is -0.459. The summed E-state index contributed by atoms with van der Waals surface area (Å²) in [5.74, 6) is -0.403. The van der Waals surface area contributed by atoms with Crippen LogP contribution in [0.3, 0.4) is 0 Å². The van der Waals surface area contributed by atoms with E-state index in [1.54, 1.807) is 6.92 Å². The van der Waals surface area contributed by atoms with Gasteiger partial charge < -0.3 is 15.4 Å². The summed E-state index contributed by atoms with van der Waals surface area (Å²) in [4.78, 5) is 34.3. The SMILES string of the molecule is CCOC(=O)C1CCN(c2ncnc(NNC(=O)c3ccc(F)cc3)c2N)CC1. The lowest BCUT2D eigenvalue weighted by molar-refractivity contribution is -0.148. The second-order valence-corrected chi connectivity index (χ2v) is 6.56. The fourth-order valence-electron chi connectivity index (χ4n) is 3.11. The molecule has 1 fully saturated rings. The maximum Gasteiger partial charge on any atom is 0.309 e. The molecule has 0 unspecified atom stereocenters. The number of piperidine rings is 1. The molecule has 1 aliphatic rings. The predicted molar refractivity (Wildman–Crippen MR) is 106 cm³/mol. The van der Waals surface area contributed by atoms with E-state index < -0.39 is 11.7 Å². The summed E-state index contributed by atoms with van der Waals surface area (Å²) < 4.78 is 18.1. The fraction of sp³-hybridized carbons (Fsp3) is 0.368. The van der Waals surface area contributed by atoms with E-state index in [4.69, 9.17) is 10.5 Å². The van der Waals surface area contributed by atoms with Gasteiger partial charge in [0.2, 0.25) is 0 Å². The number of benzene rings is 1. The van der Waals surface area contributed by atoms with Crippen LogP contribution in [0.25, 0.3) is 0 Å². The summed E-state index contributed by atoms with van der Waals surface area (Å²) in [5, 5.41) is 0. The van der Waals surface area contributed by atoms with Gasteiger partial charge in [0.05, 0.1) is 12.5 Å². The van der Waals surface area contributed by atoms with E-state index in [0.717, 1.165) is 0 Å². The van der Waals surface area contributed by atoms with Gasteiger partial charge in [-0.1, -0.05) is 0 Å². The van der Waals surface area contributed by atoms with E-state index in [1.165, 1.54) is 30.6 Å². The van der Waals surface area contributed by atoms with Crippen molar-refractivity contribution in [1.82, 2.24) is 15.4 Å². The van der Waals surface area contributed by atoms with Crippen molar-refractivity contribution in [2.24, 2.45) is 5.92 Å². The number of esters is 1. The maximum atomic E-state index is 13.0. The quantitative estimate of drug-likeness (QED) is 0.493. The molecule has 1 saturated heterocycles. The average Bonchev–Trinajstić information content (AvgIpc) is 2.73. The third-order valence-corrected chi connectivity index (χ3v) is 4.68. The van der Waals surface area contributed by atoms with Crippen molar-refractivity contribution in [3.8, 4) is 0 Å². The second kappa shape index (κ2) is 9.18. The molecule has 0 atom stereocenters. The monoisotopic (exact) mass is 402 g/mol. The Bertz CT molecular complexity index is 869. The van der Waals surface area contributed by atoms with Crippen LogP contribution in [0.15, 0.2) is 30.6 Å². The summed E-state index contributed by atoms with van der Waals surface area (Å²) in [6.45, 7) is 3.37. The highest BCUT2D eigenvalue weighted by Gasteiger charge is 2.28. The first-order valence-electron chi connectivity index (χ1n) is 9.33. The van der Waals surface area contributed by atoms with Crippen LogP contribution < -0.4 is 21.5 Å². The summed E-state index contributed by atoms with van der Waals surface area (Å²) in [7, 11) is 0. The number of ether oxygens (including phenoxy) is 1. The van der Waals surface area contributed by atoms with Crippen molar-refractivity contribution in [2.75, 3.05) is 35.8 Å².